The van der Waals surface area contributed by atoms with Gasteiger partial charge in [-0.1, -0.05) is 11.6 Å². The standard InChI is InChI=1S/C18H17ClO6S/c1-11(17(20)12-4-6-13(24-2)7-5-12)25-18(21)15-10-14(26(3,22)23)8-9-16(15)19/h4-11H,1-3H3/t11-/m1/s1. The molecule has 0 amide bonds. The van der Waals surface area contributed by atoms with Crippen LogP contribution in [0.15, 0.2) is 47.4 Å². The van der Waals surface area contributed by atoms with Gasteiger partial charge in [0.1, 0.15) is 5.75 Å². The topological polar surface area (TPSA) is 86.7 Å². The molecule has 138 valence electrons. The molecule has 0 bridgehead atoms. The van der Waals surface area contributed by atoms with E-state index >= 15 is 0 Å². The van der Waals surface area contributed by atoms with Crippen molar-refractivity contribution in [1.29, 1.82) is 0 Å². The van der Waals surface area contributed by atoms with Gasteiger partial charge in [0.2, 0.25) is 5.78 Å². The number of carbonyl (C=O) groups is 2. The molecule has 0 heterocycles. The molecule has 0 aliphatic heterocycles. The maximum atomic E-state index is 12.4. The van der Waals surface area contributed by atoms with E-state index in [0.717, 1.165) is 12.3 Å². The summed E-state index contributed by atoms with van der Waals surface area (Å²) in [5.41, 5.74) is 0.228. The SMILES string of the molecule is COc1ccc(C(=O)[C@@H](C)OC(=O)c2cc(S(C)(=O)=O)ccc2Cl)cc1. The van der Waals surface area contributed by atoms with Crippen LogP contribution in [0, 0.1) is 0 Å². The van der Waals surface area contributed by atoms with Gasteiger partial charge in [-0.25, -0.2) is 13.2 Å². The lowest BCUT2D eigenvalue weighted by Gasteiger charge is -2.14. The van der Waals surface area contributed by atoms with Gasteiger partial charge >= 0.3 is 5.97 Å². The fourth-order valence-corrected chi connectivity index (χ4v) is 3.00. The molecule has 1 atom stereocenters. The lowest BCUT2D eigenvalue weighted by molar-refractivity contribution is 0.0318. The van der Waals surface area contributed by atoms with Crippen molar-refractivity contribution in [3.63, 3.8) is 0 Å². The molecule has 0 saturated carbocycles. The van der Waals surface area contributed by atoms with E-state index in [1.54, 1.807) is 24.3 Å². The van der Waals surface area contributed by atoms with Gasteiger partial charge in [-0.05, 0) is 49.4 Å². The van der Waals surface area contributed by atoms with Crippen LogP contribution in [0.5, 0.6) is 5.75 Å². The van der Waals surface area contributed by atoms with Crippen LogP contribution in [0.3, 0.4) is 0 Å². The summed E-state index contributed by atoms with van der Waals surface area (Å²) in [5.74, 6) is -0.693. The molecule has 6 nitrogen and oxygen atoms in total. The Labute approximate surface area is 156 Å². The maximum absolute atomic E-state index is 12.4. The number of halogens is 1. The molecule has 0 radical (unpaired) electrons. The number of ether oxygens (including phenoxy) is 2. The molecular formula is C18H17ClO6S. The van der Waals surface area contributed by atoms with Gasteiger partial charge in [0.05, 0.1) is 22.6 Å². The van der Waals surface area contributed by atoms with E-state index in [0.29, 0.717) is 11.3 Å². The molecule has 2 aromatic carbocycles. The summed E-state index contributed by atoms with van der Waals surface area (Å²) in [6.07, 6.45) is -0.0601. The van der Waals surface area contributed by atoms with Gasteiger partial charge in [0, 0.05) is 11.8 Å². The average molecular weight is 397 g/mol. The van der Waals surface area contributed by atoms with Gasteiger partial charge in [-0.15, -0.1) is 0 Å². The molecule has 0 N–H and O–H groups in total. The first-order chi connectivity index (χ1) is 12.1. The number of carbonyl (C=O) groups excluding carboxylic acids is 2. The van der Waals surface area contributed by atoms with Crippen LogP contribution in [0.4, 0.5) is 0 Å². The number of sulfone groups is 1. The van der Waals surface area contributed by atoms with E-state index in [9.17, 15) is 18.0 Å². The van der Waals surface area contributed by atoms with Crippen molar-refractivity contribution >= 4 is 33.2 Å². The van der Waals surface area contributed by atoms with E-state index in [2.05, 4.69) is 0 Å². The summed E-state index contributed by atoms with van der Waals surface area (Å²) in [6.45, 7) is 1.43. The third-order valence-electron chi connectivity index (χ3n) is 3.61. The largest absolute Gasteiger partial charge is 0.497 e. The minimum atomic E-state index is -3.52. The molecule has 0 saturated heterocycles. The van der Waals surface area contributed by atoms with Gasteiger partial charge in [0.25, 0.3) is 0 Å². The van der Waals surface area contributed by atoms with Crippen molar-refractivity contribution in [2.75, 3.05) is 13.4 Å². The highest BCUT2D eigenvalue weighted by Crippen LogP contribution is 2.22. The van der Waals surface area contributed by atoms with E-state index in [-0.39, 0.29) is 15.5 Å². The quantitative estimate of drug-likeness (QED) is 0.550. The number of hydrogen-bond donors (Lipinski definition) is 0. The Kier molecular flexibility index (Phi) is 6.05. The molecule has 2 aromatic rings. The zero-order chi connectivity index (χ0) is 19.5. The Morgan fingerprint density at radius 1 is 1.08 bits per heavy atom. The normalized spacial score (nSPS) is 12.3. The lowest BCUT2D eigenvalue weighted by Crippen LogP contribution is -2.24. The van der Waals surface area contributed by atoms with Crippen molar-refractivity contribution in [3.05, 3.63) is 58.6 Å². The molecule has 0 fully saturated rings. The second-order valence-corrected chi connectivity index (χ2v) is 7.98. The van der Waals surface area contributed by atoms with Crippen LogP contribution >= 0.6 is 11.6 Å². The minimum absolute atomic E-state index is 0.0338. The van der Waals surface area contributed by atoms with Gasteiger partial charge in [-0.2, -0.15) is 0 Å². The van der Waals surface area contributed by atoms with Crippen LogP contribution in [-0.4, -0.2) is 39.6 Å². The predicted octanol–water partition coefficient (Wildman–Crippen LogP) is 3.18. The van der Waals surface area contributed by atoms with Crippen LogP contribution in [0.25, 0.3) is 0 Å². The Balaban J connectivity index is 2.19. The number of esters is 1. The molecule has 26 heavy (non-hydrogen) atoms. The summed E-state index contributed by atoms with van der Waals surface area (Å²) in [6, 6.07) is 10.1. The highest BCUT2D eigenvalue weighted by molar-refractivity contribution is 7.90. The number of ketones is 1. The molecule has 8 heteroatoms. The molecule has 0 unspecified atom stereocenters. The first-order valence-electron chi connectivity index (χ1n) is 7.52. The van der Waals surface area contributed by atoms with E-state index in [1.807, 2.05) is 0 Å². The summed E-state index contributed by atoms with van der Waals surface area (Å²) in [7, 11) is -2.01. The zero-order valence-corrected chi connectivity index (χ0v) is 15.9. The molecule has 0 aliphatic rings. The highest BCUT2D eigenvalue weighted by atomic mass is 35.5. The fourth-order valence-electron chi connectivity index (χ4n) is 2.16. The minimum Gasteiger partial charge on any atom is -0.497 e. The van der Waals surface area contributed by atoms with Gasteiger partial charge in [-0.3, -0.25) is 4.79 Å². The first-order valence-corrected chi connectivity index (χ1v) is 9.79. The van der Waals surface area contributed by atoms with Gasteiger partial charge < -0.3 is 9.47 Å². The maximum Gasteiger partial charge on any atom is 0.340 e. The van der Waals surface area contributed by atoms with Crippen LogP contribution in [0.2, 0.25) is 5.02 Å². The Hall–Kier alpha value is -2.38. The Morgan fingerprint density at radius 3 is 2.23 bits per heavy atom. The Bertz CT molecular complexity index is 935. The summed E-state index contributed by atoms with van der Waals surface area (Å²) in [4.78, 5) is 24.6. The van der Waals surface area contributed by atoms with Crippen molar-refractivity contribution < 1.29 is 27.5 Å². The van der Waals surface area contributed by atoms with Crippen LogP contribution in [0.1, 0.15) is 27.6 Å². The Morgan fingerprint density at radius 2 is 1.69 bits per heavy atom. The third-order valence-corrected chi connectivity index (χ3v) is 5.05. The number of hydrogen-bond acceptors (Lipinski definition) is 6. The summed E-state index contributed by atoms with van der Waals surface area (Å²) in [5, 5.41) is 0.0338. The molecule has 0 aromatic heterocycles. The number of Topliss-reactive ketones (excluding diaryl/α,β-unsaturated/α-hetero) is 1. The first kappa shape index (κ1) is 19.9. The molecule has 0 spiro atoms. The molecule has 2 rings (SSSR count). The van der Waals surface area contributed by atoms with Crippen molar-refractivity contribution in [3.8, 4) is 5.75 Å². The van der Waals surface area contributed by atoms with E-state index in [1.165, 1.54) is 26.2 Å². The second kappa shape index (κ2) is 7.88. The monoisotopic (exact) mass is 396 g/mol. The number of methoxy groups -OCH3 is 1. The van der Waals surface area contributed by atoms with Crippen LogP contribution < -0.4 is 4.74 Å². The average Bonchev–Trinajstić information content (AvgIpc) is 2.60. The lowest BCUT2D eigenvalue weighted by atomic mass is 10.1. The molecular weight excluding hydrogens is 380 g/mol. The fraction of sp³-hybridized carbons (Fsp3) is 0.222. The predicted molar refractivity (Wildman–Crippen MR) is 96.8 cm³/mol. The smallest absolute Gasteiger partial charge is 0.340 e. The van der Waals surface area contributed by atoms with Crippen LogP contribution in [-0.2, 0) is 14.6 Å². The zero-order valence-electron chi connectivity index (χ0n) is 14.4. The van der Waals surface area contributed by atoms with Crippen molar-refractivity contribution in [2.24, 2.45) is 0 Å². The number of benzene rings is 2. The third kappa shape index (κ3) is 4.62. The highest BCUT2D eigenvalue weighted by Gasteiger charge is 2.23. The van der Waals surface area contributed by atoms with Crippen molar-refractivity contribution in [2.45, 2.75) is 17.9 Å². The summed E-state index contributed by atoms with van der Waals surface area (Å²) >= 11 is 5.96. The summed E-state index contributed by atoms with van der Waals surface area (Å²) < 4.78 is 33.4. The second-order valence-electron chi connectivity index (χ2n) is 5.55. The molecule has 0 aliphatic carbocycles. The van der Waals surface area contributed by atoms with Gasteiger partial charge in [0.15, 0.2) is 15.9 Å². The van der Waals surface area contributed by atoms with E-state index < -0.39 is 27.7 Å². The van der Waals surface area contributed by atoms with Crippen molar-refractivity contribution in [1.82, 2.24) is 0 Å². The number of rotatable bonds is 6. The van der Waals surface area contributed by atoms with E-state index in [4.69, 9.17) is 21.1 Å².